The van der Waals surface area contributed by atoms with E-state index in [4.69, 9.17) is 4.98 Å². The molecule has 198 valence electrons. The second kappa shape index (κ2) is 11.8. The number of amides is 2. The SMILES string of the molecule is CC(C)c1cccc(C(C)C)c1NC(=O)N(Cc1ccc(O)cc1)C(c1cn(C)cn1)C1CCCCC1. The first-order chi connectivity index (χ1) is 17.7. The lowest BCUT2D eigenvalue weighted by Gasteiger charge is -2.38. The van der Waals surface area contributed by atoms with E-state index in [1.54, 1.807) is 12.1 Å². The predicted molar refractivity (Wildman–Crippen MR) is 150 cm³/mol. The molecule has 1 atom stereocenters. The van der Waals surface area contributed by atoms with Crippen LogP contribution in [-0.4, -0.2) is 25.6 Å². The zero-order chi connectivity index (χ0) is 26.5. The van der Waals surface area contributed by atoms with E-state index in [2.05, 4.69) is 57.4 Å². The van der Waals surface area contributed by atoms with Crippen molar-refractivity contribution in [1.29, 1.82) is 0 Å². The predicted octanol–water partition coefficient (Wildman–Crippen LogP) is 7.73. The number of rotatable bonds is 8. The third-order valence-electron chi connectivity index (χ3n) is 7.61. The van der Waals surface area contributed by atoms with Crippen molar-refractivity contribution in [2.45, 2.75) is 84.2 Å². The van der Waals surface area contributed by atoms with Gasteiger partial charge in [-0.2, -0.15) is 0 Å². The van der Waals surface area contributed by atoms with Gasteiger partial charge in [0.15, 0.2) is 0 Å². The molecule has 1 aliphatic carbocycles. The Bertz CT molecular complexity index is 1150. The molecule has 2 aromatic carbocycles. The van der Waals surface area contributed by atoms with Crippen molar-refractivity contribution in [2.24, 2.45) is 13.0 Å². The molecule has 2 amide bonds. The fourth-order valence-electron chi connectivity index (χ4n) is 5.66. The van der Waals surface area contributed by atoms with Gasteiger partial charge in [0, 0.05) is 25.5 Å². The van der Waals surface area contributed by atoms with Gasteiger partial charge in [-0.15, -0.1) is 0 Å². The van der Waals surface area contributed by atoms with Gasteiger partial charge in [-0.25, -0.2) is 9.78 Å². The second-order valence-electron chi connectivity index (χ2n) is 11.2. The van der Waals surface area contributed by atoms with Gasteiger partial charge in [0.1, 0.15) is 5.75 Å². The number of hydrogen-bond acceptors (Lipinski definition) is 3. The van der Waals surface area contributed by atoms with Crippen molar-refractivity contribution >= 4 is 11.7 Å². The van der Waals surface area contributed by atoms with Crippen LogP contribution >= 0.6 is 0 Å². The summed E-state index contributed by atoms with van der Waals surface area (Å²) < 4.78 is 1.97. The fraction of sp³-hybridized carbons (Fsp3) is 0.484. The summed E-state index contributed by atoms with van der Waals surface area (Å²) in [7, 11) is 1.98. The van der Waals surface area contributed by atoms with Gasteiger partial charge in [0.2, 0.25) is 0 Å². The highest BCUT2D eigenvalue weighted by Crippen LogP contribution is 2.40. The quantitative estimate of drug-likeness (QED) is 0.331. The molecule has 0 bridgehead atoms. The van der Waals surface area contributed by atoms with Crippen LogP contribution in [0.3, 0.4) is 0 Å². The number of hydrogen-bond donors (Lipinski definition) is 2. The van der Waals surface area contributed by atoms with Gasteiger partial charge in [-0.1, -0.05) is 77.3 Å². The molecule has 0 saturated heterocycles. The number of aromatic hydroxyl groups is 1. The molecule has 1 unspecified atom stereocenters. The molecule has 3 aromatic rings. The average Bonchev–Trinajstić information content (AvgIpc) is 3.30. The summed E-state index contributed by atoms with van der Waals surface area (Å²) in [5, 5.41) is 13.2. The van der Waals surface area contributed by atoms with E-state index in [9.17, 15) is 9.90 Å². The Kier molecular flexibility index (Phi) is 8.57. The van der Waals surface area contributed by atoms with E-state index in [0.29, 0.717) is 12.5 Å². The van der Waals surface area contributed by atoms with Crippen LogP contribution in [0, 0.1) is 5.92 Å². The van der Waals surface area contributed by atoms with Crippen LogP contribution in [0.2, 0.25) is 0 Å². The largest absolute Gasteiger partial charge is 0.508 e. The number of benzene rings is 2. The number of phenols is 1. The Hall–Kier alpha value is -3.28. The Morgan fingerprint density at radius 2 is 1.65 bits per heavy atom. The molecule has 0 spiro atoms. The van der Waals surface area contributed by atoms with Crippen LogP contribution in [-0.2, 0) is 13.6 Å². The molecule has 1 aliphatic rings. The number of carbonyl (C=O) groups excluding carboxylic acids is 1. The van der Waals surface area contributed by atoms with Crippen molar-refractivity contribution in [3.8, 4) is 5.75 Å². The molecular formula is C31H42N4O2. The maximum absolute atomic E-state index is 14.3. The van der Waals surface area contributed by atoms with Crippen molar-refractivity contribution in [1.82, 2.24) is 14.5 Å². The summed E-state index contributed by atoms with van der Waals surface area (Å²) >= 11 is 0. The molecule has 0 radical (unpaired) electrons. The first-order valence-electron chi connectivity index (χ1n) is 13.7. The lowest BCUT2D eigenvalue weighted by atomic mass is 9.82. The molecule has 0 aliphatic heterocycles. The number of nitrogens with zero attached hydrogens (tertiary/aromatic N) is 3. The lowest BCUT2D eigenvalue weighted by Crippen LogP contribution is -2.42. The van der Waals surface area contributed by atoms with Crippen molar-refractivity contribution < 1.29 is 9.90 Å². The minimum absolute atomic E-state index is 0.107. The van der Waals surface area contributed by atoms with Crippen molar-refractivity contribution in [3.63, 3.8) is 0 Å². The lowest BCUT2D eigenvalue weighted by molar-refractivity contribution is 0.131. The molecule has 6 nitrogen and oxygen atoms in total. The summed E-state index contributed by atoms with van der Waals surface area (Å²) in [6.07, 6.45) is 9.65. The van der Waals surface area contributed by atoms with E-state index in [1.165, 1.54) is 19.3 Å². The molecule has 2 N–H and O–H groups in total. The number of nitrogens with one attached hydrogen (secondary N) is 1. The summed E-state index contributed by atoms with van der Waals surface area (Å²) in [4.78, 5) is 21.1. The van der Waals surface area contributed by atoms with Gasteiger partial charge in [-0.05, 0) is 59.4 Å². The Balaban J connectivity index is 1.77. The summed E-state index contributed by atoms with van der Waals surface area (Å²) in [6, 6.07) is 13.3. The Morgan fingerprint density at radius 1 is 1.03 bits per heavy atom. The maximum atomic E-state index is 14.3. The van der Waals surface area contributed by atoms with E-state index < -0.39 is 0 Å². The number of para-hydroxylation sites is 1. The number of aryl methyl sites for hydroxylation is 1. The van der Waals surface area contributed by atoms with Crippen LogP contribution in [0.5, 0.6) is 5.75 Å². The molecule has 1 saturated carbocycles. The molecule has 1 fully saturated rings. The standard InChI is InChI=1S/C31H42N4O2/c1-21(2)26-12-9-13-27(22(3)4)29(26)33-31(37)35(18-23-14-16-25(36)17-15-23)30(24-10-7-6-8-11-24)28-19-34(5)20-32-28/h9,12-17,19-22,24,30,36H,6-8,10-11,18H2,1-5H3,(H,33,37). The van der Waals surface area contributed by atoms with Gasteiger partial charge >= 0.3 is 6.03 Å². The summed E-state index contributed by atoms with van der Waals surface area (Å²) in [5.74, 6) is 1.13. The first-order valence-corrected chi connectivity index (χ1v) is 13.7. The fourth-order valence-corrected chi connectivity index (χ4v) is 5.66. The smallest absolute Gasteiger partial charge is 0.322 e. The number of phenolic OH excluding ortho intramolecular Hbond substituents is 1. The van der Waals surface area contributed by atoms with Gasteiger partial charge in [-0.3, -0.25) is 0 Å². The highest BCUT2D eigenvalue weighted by molar-refractivity contribution is 5.91. The summed E-state index contributed by atoms with van der Waals surface area (Å²) in [6.45, 7) is 9.11. The number of imidazole rings is 1. The van der Waals surface area contributed by atoms with Gasteiger partial charge < -0.3 is 19.9 Å². The highest BCUT2D eigenvalue weighted by atomic mass is 16.3. The normalized spacial score (nSPS) is 15.2. The summed E-state index contributed by atoms with van der Waals surface area (Å²) in [5.41, 5.74) is 5.14. The Morgan fingerprint density at radius 3 is 2.19 bits per heavy atom. The van der Waals surface area contributed by atoms with Crippen LogP contribution in [0.1, 0.15) is 100 Å². The molecule has 6 heteroatoms. The van der Waals surface area contributed by atoms with Crippen LogP contribution in [0.15, 0.2) is 55.0 Å². The first kappa shape index (κ1) is 26.8. The number of urea groups is 1. The Labute approximate surface area is 221 Å². The number of anilines is 1. The van der Waals surface area contributed by atoms with E-state index in [0.717, 1.165) is 40.9 Å². The zero-order valence-corrected chi connectivity index (χ0v) is 22.9. The topological polar surface area (TPSA) is 70.4 Å². The van der Waals surface area contributed by atoms with Crippen LogP contribution in [0.4, 0.5) is 10.5 Å². The van der Waals surface area contributed by atoms with Gasteiger partial charge in [0.05, 0.1) is 18.1 Å². The monoisotopic (exact) mass is 502 g/mol. The minimum atomic E-state index is -0.135. The number of carbonyl (C=O) groups is 1. The second-order valence-corrected chi connectivity index (χ2v) is 11.2. The molecule has 1 heterocycles. The number of aromatic nitrogens is 2. The van der Waals surface area contributed by atoms with Gasteiger partial charge in [0.25, 0.3) is 0 Å². The van der Waals surface area contributed by atoms with Crippen LogP contribution in [0.25, 0.3) is 0 Å². The zero-order valence-electron chi connectivity index (χ0n) is 22.9. The van der Waals surface area contributed by atoms with E-state index >= 15 is 0 Å². The highest BCUT2D eigenvalue weighted by Gasteiger charge is 2.35. The third-order valence-corrected chi connectivity index (χ3v) is 7.61. The van der Waals surface area contributed by atoms with E-state index in [-0.39, 0.29) is 29.7 Å². The molecule has 4 rings (SSSR count). The van der Waals surface area contributed by atoms with E-state index in [1.807, 2.05) is 35.0 Å². The molecular weight excluding hydrogens is 460 g/mol. The molecule has 1 aromatic heterocycles. The van der Waals surface area contributed by atoms with Crippen LogP contribution < -0.4 is 5.32 Å². The molecule has 37 heavy (non-hydrogen) atoms. The van der Waals surface area contributed by atoms with Crippen molar-refractivity contribution in [3.05, 3.63) is 77.4 Å². The maximum Gasteiger partial charge on any atom is 0.322 e. The third kappa shape index (κ3) is 6.35. The minimum Gasteiger partial charge on any atom is -0.508 e. The average molecular weight is 503 g/mol. The van der Waals surface area contributed by atoms with Crippen molar-refractivity contribution in [2.75, 3.05) is 5.32 Å².